The minimum atomic E-state index is -0.0728. The zero-order valence-electron chi connectivity index (χ0n) is 15.7. The second-order valence-electron chi connectivity index (χ2n) is 7.18. The Bertz CT molecular complexity index is 599. The summed E-state index contributed by atoms with van der Waals surface area (Å²) in [5.74, 6) is 0.427. The Labute approximate surface area is 144 Å². The van der Waals surface area contributed by atoms with E-state index in [1.165, 1.54) is 52.4 Å². The van der Waals surface area contributed by atoms with E-state index in [1.54, 1.807) is 0 Å². The number of unbranched alkanes of at least 4 members (excludes halogenated alkanes) is 1. The molecule has 0 unspecified atom stereocenters. The Morgan fingerprint density at radius 2 is 1.48 bits per heavy atom. The molecule has 1 aliphatic carbocycles. The van der Waals surface area contributed by atoms with E-state index < -0.39 is 0 Å². The molecule has 23 heavy (non-hydrogen) atoms. The summed E-state index contributed by atoms with van der Waals surface area (Å²) in [7, 11) is -0.0728. The summed E-state index contributed by atoms with van der Waals surface area (Å²) in [4.78, 5) is 0. The summed E-state index contributed by atoms with van der Waals surface area (Å²) >= 11 is 0. The van der Waals surface area contributed by atoms with Gasteiger partial charge in [0.1, 0.15) is 0 Å². The van der Waals surface area contributed by atoms with E-state index in [4.69, 9.17) is 0 Å². The second-order valence-corrected chi connectivity index (χ2v) is 10.1. The summed E-state index contributed by atoms with van der Waals surface area (Å²) in [6.45, 7) is 15.0. The molecule has 1 N–H and O–H groups in total. The van der Waals surface area contributed by atoms with Gasteiger partial charge in [-0.15, -0.1) is 0 Å². The maximum absolute atomic E-state index is 3.78. The fraction of sp³-hybridized carbons (Fsp3) is 0.524. The Morgan fingerprint density at radius 3 is 2.09 bits per heavy atom. The molecule has 0 atom stereocenters. The van der Waals surface area contributed by atoms with Gasteiger partial charge in [0.15, 0.2) is 0 Å². The monoisotopic (exact) mass is 326 g/mol. The van der Waals surface area contributed by atoms with E-state index in [0.29, 0.717) is 5.92 Å². The van der Waals surface area contributed by atoms with Gasteiger partial charge in [-0.05, 0) is 61.9 Å². The van der Waals surface area contributed by atoms with Crippen molar-refractivity contribution < 1.29 is 0 Å². The van der Waals surface area contributed by atoms with Crippen LogP contribution >= 0.6 is 0 Å². The van der Waals surface area contributed by atoms with Crippen LogP contribution in [0.4, 0.5) is 5.69 Å². The standard InChI is InChI=1S/C21H32NSi/c1-15-16(2)18(4)21(22-13-9-10-14-23(5)6)20(17(15)3)19-11-7-8-12-19/h7-8,11-12,19,22H,9-10,13-14H2,1-6H3. The SMILES string of the molecule is Cc1c(C)c(C)c(C2C=CC=C2)c(NCCCC[Si](C)C)c1C. The molecule has 1 radical (unpaired) electrons. The number of rotatable bonds is 7. The van der Waals surface area contributed by atoms with Crippen molar-refractivity contribution in [3.05, 3.63) is 52.1 Å². The van der Waals surface area contributed by atoms with Crippen LogP contribution in [-0.2, 0) is 0 Å². The Kier molecular flexibility index (Phi) is 6.29. The van der Waals surface area contributed by atoms with Crippen LogP contribution in [0, 0.1) is 27.7 Å². The molecule has 2 heteroatoms. The normalized spacial score (nSPS) is 14.2. The summed E-state index contributed by atoms with van der Waals surface area (Å²) in [5.41, 5.74) is 8.61. The number of anilines is 1. The van der Waals surface area contributed by atoms with Crippen LogP contribution in [0.15, 0.2) is 24.3 Å². The molecule has 0 bridgehead atoms. The van der Waals surface area contributed by atoms with E-state index in [9.17, 15) is 0 Å². The van der Waals surface area contributed by atoms with Crippen LogP contribution in [-0.4, -0.2) is 15.3 Å². The molecule has 1 nitrogen and oxygen atoms in total. The average Bonchev–Trinajstić information content (AvgIpc) is 3.03. The molecule has 0 aliphatic heterocycles. The molecule has 125 valence electrons. The highest BCUT2D eigenvalue weighted by molar-refractivity contribution is 6.55. The lowest BCUT2D eigenvalue weighted by Crippen LogP contribution is -2.12. The van der Waals surface area contributed by atoms with Gasteiger partial charge < -0.3 is 5.32 Å². The lowest BCUT2D eigenvalue weighted by atomic mass is 9.86. The zero-order chi connectivity index (χ0) is 17.0. The molecule has 2 rings (SSSR count). The first-order valence-corrected chi connectivity index (χ1v) is 11.6. The van der Waals surface area contributed by atoms with Crippen LogP contribution in [0.1, 0.15) is 46.6 Å². The quantitative estimate of drug-likeness (QED) is 0.473. The van der Waals surface area contributed by atoms with E-state index in [1.807, 2.05) is 0 Å². The van der Waals surface area contributed by atoms with Crippen molar-refractivity contribution in [2.75, 3.05) is 11.9 Å². The molecule has 0 aromatic heterocycles. The predicted molar refractivity (Wildman–Crippen MR) is 106 cm³/mol. The number of benzene rings is 1. The van der Waals surface area contributed by atoms with Crippen molar-refractivity contribution in [2.45, 2.75) is 65.6 Å². The highest BCUT2D eigenvalue weighted by atomic mass is 28.3. The molecule has 0 saturated carbocycles. The van der Waals surface area contributed by atoms with Crippen molar-refractivity contribution in [2.24, 2.45) is 0 Å². The molecule has 0 spiro atoms. The molecule has 0 saturated heterocycles. The van der Waals surface area contributed by atoms with E-state index in [-0.39, 0.29) is 8.80 Å². The van der Waals surface area contributed by atoms with Crippen molar-refractivity contribution >= 4 is 14.5 Å². The molecule has 1 aliphatic rings. The van der Waals surface area contributed by atoms with Crippen LogP contribution in [0.2, 0.25) is 19.1 Å². The van der Waals surface area contributed by atoms with E-state index in [0.717, 1.165) is 6.54 Å². The summed E-state index contributed by atoms with van der Waals surface area (Å²) < 4.78 is 0. The maximum atomic E-state index is 3.78. The largest absolute Gasteiger partial charge is 0.385 e. The third kappa shape index (κ3) is 4.17. The first-order valence-electron chi connectivity index (χ1n) is 8.91. The highest BCUT2D eigenvalue weighted by Crippen LogP contribution is 2.38. The first-order chi connectivity index (χ1) is 10.9. The molecular formula is C21H32NSi. The van der Waals surface area contributed by atoms with Crippen molar-refractivity contribution in [1.82, 2.24) is 0 Å². The van der Waals surface area contributed by atoms with E-state index in [2.05, 4.69) is 70.4 Å². The van der Waals surface area contributed by atoms with Gasteiger partial charge in [0.05, 0.1) is 0 Å². The molecule has 0 amide bonds. The van der Waals surface area contributed by atoms with Gasteiger partial charge in [-0.2, -0.15) is 0 Å². The molecule has 1 aromatic rings. The van der Waals surface area contributed by atoms with Gasteiger partial charge in [0, 0.05) is 26.9 Å². The fourth-order valence-corrected chi connectivity index (χ4v) is 4.38. The summed E-state index contributed by atoms with van der Waals surface area (Å²) in [6.07, 6.45) is 11.6. The lowest BCUT2D eigenvalue weighted by Gasteiger charge is -2.24. The van der Waals surface area contributed by atoms with Crippen molar-refractivity contribution in [3.63, 3.8) is 0 Å². The topological polar surface area (TPSA) is 12.0 Å². The van der Waals surface area contributed by atoms with E-state index >= 15 is 0 Å². The highest BCUT2D eigenvalue weighted by Gasteiger charge is 2.20. The first kappa shape index (κ1) is 18.1. The van der Waals surface area contributed by atoms with Crippen LogP contribution < -0.4 is 5.32 Å². The number of hydrogen-bond donors (Lipinski definition) is 1. The van der Waals surface area contributed by atoms with Gasteiger partial charge >= 0.3 is 0 Å². The molecule has 0 fully saturated rings. The second kappa shape index (κ2) is 8.01. The van der Waals surface area contributed by atoms with Gasteiger partial charge in [-0.25, -0.2) is 0 Å². The smallest absolute Gasteiger partial charge is 0.0417 e. The van der Waals surface area contributed by atoms with Crippen molar-refractivity contribution in [3.8, 4) is 0 Å². The number of allylic oxidation sites excluding steroid dienone is 4. The predicted octanol–water partition coefficient (Wildman–Crippen LogP) is 6.08. The molecule has 1 aromatic carbocycles. The number of nitrogens with one attached hydrogen (secondary N) is 1. The van der Waals surface area contributed by atoms with Crippen LogP contribution in [0.5, 0.6) is 0 Å². The van der Waals surface area contributed by atoms with Gasteiger partial charge in [-0.3, -0.25) is 0 Å². The van der Waals surface area contributed by atoms with Gasteiger partial charge in [-0.1, -0.05) is 49.9 Å². The van der Waals surface area contributed by atoms with Crippen LogP contribution in [0.25, 0.3) is 0 Å². The number of hydrogen-bond acceptors (Lipinski definition) is 1. The minimum Gasteiger partial charge on any atom is -0.385 e. The minimum absolute atomic E-state index is 0.0728. The van der Waals surface area contributed by atoms with Gasteiger partial charge in [0.25, 0.3) is 0 Å². The Morgan fingerprint density at radius 1 is 0.870 bits per heavy atom. The van der Waals surface area contributed by atoms with Crippen molar-refractivity contribution in [1.29, 1.82) is 0 Å². The molecule has 0 heterocycles. The van der Waals surface area contributed by atoms with Crippen LogP contribution in [0.3, 0.4) is 0 Å². The fourth-order valence-electron chi connectivity index (χ4n) is 3.43. The zero-order valence-corrected chi connectivity index (χ0v) is 16.7. The Hall–Kier alpha value is -1.28. The lowest BCUT2D eigenvalue weighted by molar-refractivity contribution is 0.823. The average molecular weight is 327 g/mol. The summed E-state index contributed by atoms with van der Waals surface area (Å²) in [6, 6.07) is 1.43. The maximum Gasteiger partial charge on any atom is 0.0417 e. The third-order valence-corrected chi connectivity index (χ3v) is 6.58. The third-order valence-electron chi connectivity index (χ3n) is 5.22. The van der Waals surface area contributed by atoms with Gasteiger partial charge in [0.2, 0.25) is 0 Å². The molecular weight excluding hydrogens is 294 g/mol. The summed E-state index contributed by atoms with van der Waals surface area (Å²) in [5, 5.41) is 3.78. The Balaban J connectivity index is 2.22.